The minimum absolute atomic E-state index is 0.120. The van der Waals surface area contributed by atoms with Crippen molar-refractivity contribution in [3.05, 3.63) is 52.0 Å². The van der Waals surface area contributed by atoms with E-state index in [-0.39, 0.29) is 11.4 Å². The van der Waals surface area contributed by atoms with Crippen LogP contribution in [-0.2, 0) is 16.6 Å². The minimum Gasteiger partial charge on any atom is -0.495 e. The number of benzene rings is 2. The molecule has 0 atom stereocenters. The van der Waals surface area contributed by atoms with Crippen LogP contribution < -0.4 is 14.4 Å². The molecule has 0 amide bonds. The fourth-order valence-electron chi connectivity index (χ4n) is 3.04. The number of rotatable bonds is 6. The van der Waals surface area contributed by atoms with Gasteiger partial charge < -0.3 is 14.5 Å². The van der Waals surface area contributed by atoms with Crippen molar-refractivity contribution in [1.29, 1.82) is 0 Å². The first kappa shape index (κ1) is 21.2. The first-order chi connectivity index (χ1) is 13.3. The molecule has 2 aromatic carbocycles. The third-order valence-corrected chi connectivity index (χ3v) is 6.89. The Morgan fingerprint density at radius 1 is 1.04 bits per heavy atom. The Bertz CT molecular complexity index is 945. The highest BCUT2D eigenvalue weighted by atomic mass is 35.5. The molecule has 1 N–H and O–H groups in total. The van der Waals surface area contributed by atoms with Gasteiger partial charge in [0.05, 0.1) is 27.7 Å². The standard InChI is InChI=1S/C19H23Cl2N3O3S/c1-23-7-9-24(10-8-23)18-12-15(4-6-19(18)27-2)28(25,26)22-13-14-3-5-16(20)17(21)11-14/h3-6,11-12,22H,7-10,13H2,1-2H3. The Kier molecular flexibility index (Phi) is 6.73. The fourth-order valence-corrected chi connectivity index (χ4v) is 4.40. The quantitative estimate of drug-likeness (QED) is 0.742. The summed E-state index contributed by atoms with van der Waals surface area (Å²) in [7, 11) is -0.0364. The number of hydrogen-bond donors (Lipinski definition) is 1. The summed E-state index contributed by atoms with van der Waals surface area (Å²) in [5, 5.41) is 0.820. The summed E-state index contributed by atoms with van der Waals surface area (Å²) in [6.07, 6.45) is 0. The SMILES string of the molecule is COc1ccc(S(=O)(=O)NCc2ccc(Cl)c(Cl)c2)cc1N1CCN(C)CC1. The maximum absolute atomic E-state index is 12.8. The molecule has 0 bridgehead atoms. The number of sulfonamides is 1. The third-order valence-electron chi connectivity index (χ3n) is 4.75. The van der Waals surface area contributed by atoms with Crippen LogP contribution in [0.15, 0.2) is 41.3 Å². The van der Waals surface area contributed by atoms with Gasteiger partial charge in [0, 0.05) is 32.7 Å². The zero-order valence-corrected chi connectivity index (χ0v) is 18.1. The molecule has 152 valence electrons. The predicted molar refractivity (Wildman–Crippen MR) is 113 cm³/mol. The zero-order valence-electron chi connectivity index (χ0n) is 15.8. The average Bonchev–Trinajstić information content (AvgIpc) is 2.69. The molecule has 0 radical (unpaired) electrons. The van der Waals surface area contributed by atoms with E-state index in [1.807, 2.05) is 0 Å². The van der Waals surface area contributed by atoms with Crippen molar-refractivity contribution in [1.82, 2.24) is 9.62 Å². The van der Waals surface area contributed by atoms with E-state index in [4.69, 9.17) is 27.9 Å². The van der Waals surface area contributed by atoms with Crippen LogP contribution in [0.3, 0.4) is 0 Å². The van der Waals surface area contributed by atoms with Crippen LogP contribution in [0.4, 0.5) is 5.69 Å². The van der Waals surface area contributed by atoms with Crippen LogP contribution in [0.25, 0.3) is 0 Å². The molecule has 1 aliphatic rings. The second-order valence-corrected chi connectivity index (χ2v) is 9.28. The van der Waals surface area contributed by atoms with Crippen LogP contribution in [0.2, 0.25) is 10.0 Å². The predicted octanol–water partition coefficient (Wildman–Crippen LogP) is 3.23. The molecule has 6 nitrogen and oxygen atoms in total. The number of methoxy groups -OCH3 is 1. The Morgan fingerprint density at radius 3 is 2.39 bits per heavy atom. The van der Waals surface area contributed by atoms with Gasteiger partial charge in [-0.1, -0.05) is 29.3 Å². The lowest BCUT2D eigenvalue weighted by Gasteiger charge is -2.34. The summed E-state index contributed by atoms with van der Waals surface area (Å²) in [4.78, 5) is 4.58. The molecule has 0 saturated carbocycles. The first-order valence-corrected chi connectivity index (χ1v) is 11.1. The zero-order chi connectivity index (χ0) is 20.3. The average molecular weight is 444 g/mol. The first-order valence-electron chi connectivity index (χ1n) is 8.85. The van der Waals surface area contributed by atoms with Crippen molar-refractivity contribution in [2.24, 2.45) is 0 Å². The number of hydrogen-bond acceptors (Lipinski definition) is 5. The molecule has 1 saturated heterocycles. The van der Waals surface area contributed by atoms with Gasteiger partial charge >= 0.3 is 0 Å². The molecule has 0 spiro atoms. The van der Waals surface area contributed by atoms with E-state index >= 15 is 0 Å². The molecule has 0 unspecified atom stereocenters. The number of likely N-dealkylation sites (N-methyl/N-ethyl adjacent to an activating group) is 1. The topological polar surface area (TPSA) is 61.9 Å². The smallest absolute Gasteiger partial charge is 0.240 e. The monoisotopic (exact) mass is 443 g/mol. The molecule has 0 aliphatic carbocycles. The molecule has 1 fully saturated rings. The van der Waals surface area contributed by atoms with Crippen LogP contribution in [0.5, 0.6) is 5.75 Å². The van der Waals surface area contributed by atoms with E-state index in [0.29, 0.717) is 15.8 Å². The summed E-state index contributed by atoms with van der Waals surface area (Å²) < 4.78 is 33.7. The number of ether oxygens (including phenoxy) is 1. The van der Waals surface area contributed by atoms with Crippen molar-refractivity contribution in [2.75, 3.05) is 45.2 Å². The largest absolute Gasteiger partial charge is 0.495 e. The summed E-state index contributed by atoms with van der Waals surface area (Å²) in [5.41, 5.74) is 1.51. The lowest BCUT2D eigenvalue weighted by molar-refractivity contribution is 0.311. The Balaban J connectivity index is 1.81. The van der Waals surface area contributed by atoms with Crippen LogP contribution >= 0.6 is 23.2 Å². The lowest BCUT2D eigenvalue weighted by Crippen LogP contribution is -2.44. The normalized spacial score (nSPS) is 15.6. The maximum Gasteiger partial charge on any atom is 0.240 e. The number of anilines is 1. The van der Waals surface area contributed by atoms with Crippen molar-refractivity contribution in [3.63, 3.8) is 0 Å². The highest BCUT2D eigenvalue weighted by molar-refractivity contribution is 7.89. The lowest BCUT2D eigenvalue weighted by atomic mass is 10.2. The number of halogens is 2. The molecular weight excluding hydrogens is 421 g/mol. The Labute approximate surface area is 176 Å². The number of nitrogens with one attached hydrogen (secondary N) is 1. The van der Waals surface area contributed by atoms with Crippen LogP contribution in [0.1, 0.15) is 5.56 Å². The van der Waals surface area contributed by atoms with Gasteiger partial charge in [-0.25, -0.2) is 13.1 Å². The van der Waals surface area contributed by atoms with Crippen molar-refractivity contribution >= 4 is 38.9 Å². The number of nitrogens with zero attached hydrogens (tertiary/aromatic N) is 2. The summed E-state index contributed by atoms with van der Waals surface area (Å²) >= 11 is 11.9. The fraction of sp³-hybridized carbons (Fsp3) is 0.368. The van der Waals surface area contributed by atoms with Gasteiger partial charge in [0.1, 0.15) is 5.75 Å². The van der Waals surface area contributed by atoms with E-state index in [0.717, 1.165) is 37.4 Å². The second kappa shape index (κ2) is 8.88. The maximum atomic E-state index is 12.8. The number of piperazine rings is 1. The van der Waals surface area contributed by atoms with E-state index in [1.54, 1.807) is 43.5 Å². The van der Waals surface area contributed by atoms with Crippen molar-refractivity contribution < 1.29 is 13.2 Å². The molecule has 28 heavy (non-hydrogen) atoms. The molecule has 1 heterocycles. The Hall–Kier alpha value is -1.51. The van der Waals surface area contributed by atoms with E-state index in [2.05, 4.69) is 21.6 Å². The van der Waals surface area contributed by atoms with Crippen LogP contribution in [-0.4, -0.2) is 53.7 Å². The molecule has 3 rings (SSSR count). The van der Waals surface area contributed by atoms with E-state index in [1.165, 1.54) is 0 Å². The molecular formula is C19H23Cl2N3O3S. The van der Waals surface area contributed by atoms with Crippen molar-refractivity contribution in [2.45, 2.75) is 11.4 Å². The van der Waals surface area contributed by atoms with Gasteiger partial charge in [0.25, 0.3) is 0 Å². The van der Waals surface area contributed by atoms with Gasteiger partial charge in [0.15, 0.2) is 0 Å². The van der Waals surface area contributed by atoms with E-state index in [9.17, 15) is 8.42 Å². The molecule has 1 aliphatic heterocycles. The van der Waals surface area contributed by atoms with Crippen molar-refractivity contribution in [3.8, 4) is 5.75 Å². The Morgan fingerprint density at radius 2 is 1.75 bits per heavy atom. The van der Waals surface area contributed by atoms with Gasteiger partial charge in [0.2, 0.25) is 10.0 Å². The third kappa shape index (κ3) is 4.90. The molecule has 9 heteroatoms. The highest BCUT2D eigenvalue weighted by Crippen LogP contribution is 2.31. The molecule has 2 aromatic rings. The summed E-state index contributed by atoms with van der Waals surface area (Å²) in [6.45, 7) is 3.57. The van der Waals surface area contributed by atoms with Crippen LogP contribution in [0, 0.1) is 0 Å². The van der Waals surface area contributed by atoms with Gasteiger partial charge in [-0.2, -0.15) is 0 Å². The second-order valence-electron chi connectivity index (χ2n) is 6.70. The van der Waals surface area contributed by atoms with Gasteiger partial charge in [-0.3, -0.25) is 0 Å². The summed E-state index contributed by atoms with van der Waals surface area (Å²) in [6, 6.07) is 9.95. The van der Waals surface area contributed by atoms with Gasteiger partial charge in [-0.05, 0) is 42.9 Å². The summed E-state index contributed by atoms with van der Waals surface area (Å²) in [5.74, 6) is 0.660. The highest BCUT2D eigenvalue weighted by Gasteiger charge is 2.21. The van der Waals surface area contributed by atoms with Gasteiger partial charge in [-0.15, -0.1) is 0 Å². The van der Waals surface area contributed by atoms with E-state index < -0.39 is 10.0 Å². The minimum atomic E-state index is -3.70. The molecule has 0 aromatic heterocycles.